The van der Waals surface area contributed by atoms with Crippen molar-refractivity contribution in [3.8, 4) is 5.69 Å². The molecule has 126 valence electrons. The molecular weight excluding hydrogens is 346 g/mol. The second kappa shape index (κ2) is 6.94. The van der Waals surface area contributed by atoms with Gasteiger partial charge in [0.15, 0.2) is 0 Å². The highest BCUT2D eigenvalue weighted by Crippen LogP contribution is 2.17. The van der Waals surface area contributed by atoms with Gasteiger partial charge in [0, 0.05) is 11.2 Å². The number of benzene rings is 2. The third-order valence-electron chi connectivity index (χ3n) is 3.98. The van der Waals surface area contributed by atoms with Crippen molar-refractivity contribution in [2.24, 2.45) is 0 Å². The fraction of sp³-hybridized carbons (Fsp3) is 0. The number of hydrogen-bond acceptors (Lipinski definition) is 3. The Bertz CT molecular complexity index is 1150. The number of rotatable bonds is 3. The van der Waals surface area contributed by atoms with Gasteiger partial charge in [-0.1, -0.05) is 29.8 Å². The third-order valence-corrected chi connectivity index (χ3v) is 4.23. The SMILES string of the molecule is O=c1c2ccccc2nc(/C=C/c2ccccn2)n1-c1ccc(Cl)cc1. The molecule has 0 aliphatic carbocycles. The van der Waals surface area contributed by atoms with Crippen LogP contribution in [-0.4, -0.2) is 14.5 Å². The molecule has 4 nitrogen and oxygen atoms in total. The maximum Gasteiger partial charge on any atom is 0.266 e. The Morgan fingerprint density at radius 1 is 0.885 bits per heavy atom. The molecule has 0 aliphatic rings. The molecule has 0 bridgehead atoms. The van der Waals surface area contributed by atoms with E-state index in [0.29, 0.717) is 27.4 Å². The van der Waals surface area contributed by atoms with E-state index in [1.54, 1.807) is 47.2 Å². The van der Waals surface area contributed by atoms with Crippen LogP contribution < -0.4 is 5.56 Å². The zero-order chi connectivity index (χ0) is 17.9. The van der Waals surface area contributed by atoms with Gasteiger partial charge in [0.2, 0.25) is 0 Å². The van der Waals surface area contributed by atoms with E-state index >= 15 is 0 Å². The number of fused-ring (bicyclic) bond motifs is 1. The first kappa shape index (κ1) is 16.2. The zero-order valence-electron chi connectivity index (χ0n) is 13.7. The Kier molecular flexibility index (Phi) is 4.33. The minimum Gasteiger partial charge on any atom is -0.268 e. The van der Waals surface area contributed by atoms with E-state index in [-0.39, 0.29) is 5.56 Å². The van der Waals surface area contributed by atoms with Crippen LogP contribution in [0.15, 0.2) is 77.7 Å². The van der Waals surface area contributed by atoms with Crippen LogP contribution in [0.1, 0.15) is 11.5 Å². The largest absolute Gasteiger partial charge is 0.268 e. The first-order chi connectivity index (χ1) is 12.7. The third kappa shape index (κ3) is 3.15. The highest BCUT2D eigenvalue weighted by molar-refractivity contribution is 6.30. The van der Waals surface area contributed by atoms with Crippen molar-refractivity contribution >= 4 is 34.7 Å². The first-order valence-corrected chi connectivity index (χ1v) is 8.47. The molecule has 2 aromatic carbocycles. The summed E-state index contributed by atoms with van der Waals surface area (Å²) in [6.45, 7) is 0. The molecule has 26 heavy (non-hydrogen) atoms. The van der Waals surface area contributed by atoms with Gasteiger partial charge < -0.3 is 0 Å². The summed E-state index contributed by atoms with van der Waals surface area (Å²) in [7, 11) is 0. The molecule has 0 spiro atoms. The van der Waals surface area contributed by atoms with Crippen molar-refractivity contribution in [3.05, 3.63) is 99.8 Å². The molecule has 5 heteroatoms. The predicted octanol–water partition coefficient (Wildman–Crippen LogP) is 4.60. The van der Waals surface area contributed by atoms with E-state index in [9.17, 15) is 4.79 Å². The molecule has 2 aromatic heterocycles. The van der Waals surface area contributed by atoms with Crippen molar-refractivity contribution in [2.45, 2.75) is 0 Å². The summed E-state index contributed by atoms with van der Waals surface area (Å²) >= 11 is 5.99. The molecule has 0 saturated heterocycles. The number of hydrogen-bond donors (Lipinski definition) is 0. The number of halogens is 1. The summed E-state index contributed by atoms with van der Waals surface area (Å²) < 4.78 is 1.58. The van der Waals surface area contributed by atoms with Crippen LogP contribution in [0.3, 0.4) is 0 Å². The fourth-order valence-electron chi connectivity index (χ4n) is 2.74. The van der Waals surface area contributed by atoms with Crippen molar-refractivity contribution in [3.63, 3.8) is 0 Å². The highest BCUT2D eigenvalue weighted by atomic mass is 35.5. The Labute approximate surface area is 155 Å². The molecular formula is C21H14ClN3O. The van der Waals surface area contributed by atoms with Gasteiger partial charge in [-0.2, -0.15) is 0 Å². The van der Waals surface area contributed by atoms with Crippen LogP contribution in [-0.2, 0) is 0 Å². The average molecular weight is 360 g/mol. The zero-order valence-corrected chi connectivity index (χ0v) is 14.5. The predicted molar refractivity (Wildman–Crippen MR) is 106 cm³/mol. The van der Waals surface area contributed by atoms with E-state index in [1.165, 1.54) is 0 Å². The molecule has 0 fully saturated rings. The normalized spacial score (nSPS) is 11.3. The molecule has 2 heterocycles. The number of nitrogens with zero attached hydrogens (tertiary/aromatic N) is 3. The van der Waals surface area contributed by atoms with Crippen LogP contribution in [0.2, 0.25) is 5.02 Å². The molecule has 0 amide bonds. The molecule has 4 rings (SSSR count). The van der Waals surface area contributed by atoms with E-state index in [0.717, 1.165) is 5.69 Å². The fourth-order valence-corrected chi connectivity index (χ4v) is 2.86. The minimum atomic E-state index is -0.126. The van der Waals surface area contributed by atoms with E-state index in [4.69, 9.17) is 11.6 Å². The lowest BCUT2D eigenvalue weighted by Gasteiger charge is -2.11. The number of aromatic nitrogens is 3. The summed E-state index contributed by atoms with van der Waals surface area (Å²) in [5, 5.41) is 1.18. The molecule has 0 aliphatic heterocycles. The lowest BCUT2D eigenvalue weighted by molar-refractivity contribution is 0.944. The number of para-hydroxylation sites is 1. The Morgan fingerprint density at radius 2 is 1.65 bits per heavy atom. The van der Waals surface area contributed by atoms with Crippen molar-refractivity contribution in [1.82, 2.24) is 14.5 Å². The lowest BCUT2D eigenvalue weighted by atomic mass is 10.2. The van der Waals surface area contributed by atoms with Crippen LogP contribution in [0.25, 0.3) is 28.7 Å². The summed E-state index contributed by atoms with van der Waals surface area (Å²) in [6, 6.07) is 20.1. The van der Waals surface area contributed by atoms with Crippen LogP contribution in [0.5, 0.6) is 0 Å². The maximum atomic E-state index is 13.1. The topological polar surface area (TPSA) is 47.8 Å². The van der Waals surface area contributed by atoms with Gasteiger partial charge in [0.05, 0.1) is 22.3 Å². The standard InChI is InChI=1S/C21H14ClN3O/c22-15-8-11-17(12-9-15)25-20(13-10-16-5-3-4-14-23-16)24-19-7-2-1-6-18(19)21(25)26/h1-14H/b13-10+. The van der Waals surface area contributed by atoms with Gasteiger partial charge in [0.25, 0.3) is 5.56 Å². The van der Waals surface area contributed by atoms with E-state index in [2.05, 4.69) is 9.97 Å². The monoisotopic (exact) mass is 359 g/mol. The van der Waals surface area contributed by atoms with Gasteiger partial charge >= 0.3 is 0 Å². The molecule has 0 radical (unpaired) electrons. The molecule has 0 N–H and O–H groups in total. The smallest absolute Gasteiger partial charge is 0.266 e. The second-order valence-corrected chi connectivity index (χ2v) is 6.13. The Morgan fingerprint density at radius 3 is 2.42 bits per heavy atom. The van der Waals surface area contributed by atoms with Gasteiger partial charge in [-0.3, -0.25) is 14.3 Å². The van der Waals surface area contributed by atoms with E-state index < -0.39 is 0 Å². The Balaban J connectivity index is 1.95. The van der Waals surface area contributed by atoms with E-state index in [1.807, 2.05) is 42.5 Å². The van der Waals surface area contributed by atoms with Gasteiger partial charge in [-0.05, 0) is 60.7 Å². The lowest BCUT2D eigenvalue weighted by Crippen LogP contribution is -2.22. The van der Waals surface area contributed by atoms with Crippen molar-refractivity contribution in [2.75, 3.05) is 0 Å². The van der Waals surface area contributed by atoms with Gasteiger partial charge in [-0.25, -0.2) is 4.98 Å². The van der Waals surface area contributed by atoms with Gasteiger partial charge in [-0.15, -0.1) is 0 Å². The average Bonchev–Trinajstić information content (AvgIpc) is 2.68. The molecule has 4 aromatic rings. The quantitative estimate of drug-likeness (QED) is 0.537. The maximum absolute atomic E-state index is 13.1. The van der Waals surface area contributed by atoms with Crippen LogP contribution in [0, 0.1) is 0 Å². The second-order valence-electron chi connectivity index (χ2n) is 5.69. The molecule has 0 atom stereocenters. The van der Waals surface area contributed by atoms with Crippen molar-refractivity contribution < 1.29 is 0 Å². The summed E-state index contributed by atoms with van der Waals surface area (Å²) in [5.41, 5.74) is 2.03. The first-order valence-electron chi connectivity index (χ1n) is 8.09. The minimum absolute atomic E-state index is 0.126. The van der Waals surface area contributed by atoms with Crippen LogP contribution >= 0.6 is 11.6 Å². The van der Waals surface area contributed by atoms with Crippen LogP contribution in [0.4, 0.5) is 0 Å². The molecule has 0 saturated carbocycles. The number of pyridine rings is 1. The highest BCUT2D eigenvalue weighted by Gasteiger charge is 2.10. The summed E-state index contributed by atoms with van der Waals surface area (Å²) in [6.07, 6.45) is 5.35. The summed E-state index contributed by atoms with van der Waals surface area (Å²) in [4.78, 5) is 22.0. The van der Waals surface area contributed by atoms with Gasteiger partial charge in [0.1, 0.15) is 5.82 Å². The Hall–Kier alpha value is -3.24. The summed E-state index contributed by atoms with van der Waals surface area (Å²) in [5.74, 6) is 0.529. The molecule has 0 unspecified atom stereocenters. The van der Waals surface area contributed by atoms with Crippen molar-refractivity contribution in [1.29, 1.82) is 0 Å².